The zero-order valence-corrected chi connectivity index (χ0v) is 18.0. The molecule has 0 radical (unpaired) electrons. The molecule has 0 fully saturated rings. The zero-order chi connectivity index (χ0) is 23.4. The third-order valence-electron chi connectivity index (χ3n) is 5.36. The molecule has 0 bridgehead atoms. The summed E-state index contributed by atoms with van der Waals surface area (Å²) in [6, 6.07) is 10.3. The third kappa shape index (κ3) is 5.12. The fourth-order valence-corrected chi connectivity index (χ4v) is 3.60. The molecule has 0 aliphatic rings. The molecule has 0 amide bonds. The Labute approximate surface area is 188 Å². The summed E-state index contributed by atoms with van der Waals surface area (Å²) in [7, 11) is 0. The highest BCUT2D eigenvalue weighted by atomic mass is 19.2. The molecule has 33 heavy (non-hydrogen) atoms. The largest absolute Gasteiger partial charge is 0.493 e. The topological polar surface area (TPSA) is 70.5 Å². The van der Waals surface area contributed by atoms with Gasteiger partial charge in [0, 0.05) is 36.1 Å². The lowest BCUT2D eigenvalue weighted by Gasteiger charge is -2.12. The highest BCUT2D eigenvalue weighted by Gasteiger charge is 2.18. The van der Waals surface area contributed by atoms with Crippen molar-refractivity contribution in [1.82, 2.24) is 4.98 Å². The number of furan rings is 1. The van der Waals surface area contributed by atoms with Crippen LogP contribution in [-0.4, -0.2) is 11.6 Å². The Morgan fingerprint density at radius 2 is 1.91 bits per heavy atom. The van der Waals surface area contributed by atoms with Crippen molar-refractivity contribution in [2.75, 3.05) is 6.61 Å². The van der Waals surface area contributed by atoms with Gasteiger partial charge in [-0.2, -0.15) is 4.39 Å². The number of hydrogen-bond donors (Lipinski definition) is 1. The molecule has 4 aromatic rings. The van der Waals surface area contributed by atoms with Crippen LogP contribution in [0.15, 0.2) is 59.3 Å². The van der Waals surface area contributed by atoms with Gasteiger partial charge in [0.05, 0.1) is 12.0 Å². The lowest BCUT2D eigenvalue weighted by atomic mass is 10.1. The highest BCUT2D eigenvalue weighted by molar-refractivity contribution is 5.88. The number of rotatable bonds is 9. The van der Waals surface area contributed by atoms with Gasteiger partial charge in [0.1, 0.15) is 29.5 Å². The molecule has 2 aromatic heterocycles. The van der Waals surface area contributed by atoms with Gasteiger partial charge in [0.15, 0.2) is 11.6 Å². The SMILES string of the molecule is Cc1c(COc2cc(F)cc(F)c2F)oc2cccc(OCCCC(N)c3cccnc3)c12. The van der Waals surface area contributed by atoms with Gasteiger partial charge in [-0.05, 0) is 43.5 Å². The molecule has 0 saturated carbocycles. The van der Waals surface area contributed by atoms with Gasteiger partial charge in [0.2, 0.25) is 5.82 Å². The molecule has 0 aliphatic carbocycles. The molecular formula is C25H23F3N2O3. The normalized spacial score (nSPS) is 12.2. The molecule has 0 saturated heterocycles. The molecule has 4 rings (SSSR count). The van der Waals surface area contributed by atoms with Crippen LogP contribution < -0.4 is 15.2 Å². The van der Waals surface area contributed by atoms with Gasteiger partial charge < -0.3 is 19.6 Å². The van der Waals surface area contributed by atoms with Crippen molar-refractivity contribution < 1.29 is 27.1 Å². The smallest absolute Gasteiger partial charge is 0.200 e. The van der Waals surface area contributed by atoms with Crippen LogP contribution in [0.3, 0.4) is 0 Å². The van der Waals surface area contributed by atoms with Crippen LogP contribution >= 0.6 is 0 Å². The molecule has 0 spiro atoms. The summed E-state index contributed by atoms with van der Waals surface area (Å²) in [5, 5.41) is 0.763. The molecule has 1 unspecified atom stereocenters. The summed E-state index contributed by atoms with van der Waals surface area (Å²) in [6.45, 7) is 2.08. The van der Waals surface area contributed by atoms with E-state index in [1.807, 2.05) is 25.1 Å². The van der Waals surface area contributed by atoms with E-state index in [2.05, 4.69) is 4.98 Å². The maximum Gasteiger partial charge on any atom is 0.200 e. The van der Waals surface area contributed by atoms with Gasteiger partial charge in [-0.15, -0.1) is 0 Å². The number of fused-ring (bicyclic) bond motifs is 1. The van der Waals surface area contributed by atoms with E-state index in [9.17, 15) is 13.2 Å². The van der Waals surface area contributed by atoms with Gasteiger partial charge in [-0.25, -0.2) is 8.78 Å². The quantitative estimate of drug-likeness (QED) is 0.247. The lowest BCUT2D eigenvalue weighted by molar-refractivity contribution is 0.255. The molecule has 0 aliphatic heterocycles. The minimum Gasteiger partial charge on any atom is -0.493 e. The molecular weight excluding hydrogens is 433 g/mol. The number of pyridine rings is 1. The van der Waals surface area contributed by atoms with Gasteiger partial charge >= 0.3 is 0 Å². The lowest BCUT2D eigenvalue weighted by Crippen LogP contribution is -2.12. The Morgan fingerprint density at radius 3 is 2.70 bits per heavy atom. The maximum atomic E-state index is 13.9. The Hall–Kier alpha value is -3.52. The summed E-state index contributed by atoms with van der Waals surface area (Å²) < 4.78 is 57.8. The van der Waals surface area contributed by atoms with E-state index in [0.29, 0.717) is 29.8 Å². The number of benzene rings is 2. The first-order chi connectivity index (χ1) is 15.9. The minimum absolute atomic E-state index is 0.120. The number of aryl methyl sites for hydroxylation is 1. The van der Waals surface area contributed by atoms with E-state index < -0.39 is 23.2 Å². The van der Waals surface area contributed by atoms with Crippen molar-refractivity contribution in [3.63, 3.8) is 0 Å². The summed E-state index contributed by atoms with van der Waals surface area (Å²) in [6.07, 6.45) is 4.94. The van der Waals surface area contributed by atoms with Crippen molar-refractivity contribution in [3.05, 3.63) is 89.2 Å². The van der Waals surface area contributed by atoms with Crippen molar-refractivity contribution in [2.45, 2.75) is 32.4 Å². The average molecular weight is 456 g/mol. The Balaban J connectivity index is 1.42. The summed E-state index contributed by atoms with van der Waals surface area (Å²) in [5.74, 6) is -2.97. The Bertz CT molecular complexity index is 1240. The Kier molecular flexibility index (Phi) is 6.84. The van der Waals surface area contributed by atoms with Crippen molar-refractivity contribution in [3.8, 4) is 11.5 Å². The maximum absolute atomic E-state index is 13.9. The fraction of sp³-hybridized carbons (Fsp3) is 0.240. The standard InChI is InChI=1S/C25H23F3N2O3/c1-15-23(14-32-22-12-17(26)11-18(27)25(22)28)33-21-8-2-7-20(24(15)21)31-10-4-6-19(29)16-5-3-9-30-13-16/h2-3,5,7-9,11-13,19H,4,6,10,14,29H2,1H3. The number of hydrogen-bond acceptors (Lipinski definition) is 5. The highest BCUT2D eigenvalue weighted by Crippen LogP contribution is 2.34. The summed E-state index contributed by atoms with van der Waals surface area (Å²) >= 11 is 0. The van der Waals surface area contributed by atoms with E-state index in [1.165, 1.54) is 0 Å². The minimum atomic E-state index is -1.31. The van der Waals surface area contributed by atoms with Crippen LogP contribution in [0.1, 0.15) is 35.8 Å². The van der Waals surface area contributed by atoms with Crippen LogP contribution in [-0.2, 0) is 6.61 Å². The van der Waals surface area contributed by atoms with Crippen LogP contribution in [0, 0.1) is 24.4 Å². The van der Waals surface area contributed by atoms with E-state index in [4.69, 9.17) is 19.6 Å². The van der Waals surface area contributed by atoms with E-state index >= 15 is 0 Å². The van der Waals surface area contributed by atoms with Crippen molar-refractivity contribution >= 4 is 11.0 Å². The first kappa shape index (κ1) is 22.7. The molecule has 2 aromatic carbocycles. The van der Waals surface area contributed by atoms with Crippen LogP contribution in [0.4, 0.5) is 13.2 Å². The molecule has 2 N–H and O–H groups in total. The molecule has 172 valence electrons. The average Bonchev–Trinajstić information content (AvgIpc) is 3.14. The van der Waals surface area contributed by atoms with Gasteiger partial charge in [0.25, 0.3) is 0 Å². The van der Waals surface area contributed by atoms with Crippen LogP contribution in [0.2, 0.25) is 0 Å². The van der Waals surface area contributed by atoms with E-state index in [1.54, 1.807) is 24.5 Å². The second kappa shape index (κ2) is 9.95. The first-order valence-electron chi connectivity index (χ1n) is 10.5. The second-order valence-corrected chi connectivity index (χ2v) is 7.65. The van der Waals surface area contributed by atoms with E-state index in [-0.39, 0.29) is 12.6 Å². The second-order valence-electron chi connectivity index (χ2n) is 7.65. The number of aromatic nitrogens is 1. The number of halogens is 3. The molecule has 5 nitrogen and oxygen atoms in total. The number of nitrogens with two attached hydrogens (primary N) is 1. The number of nitrogens with zero attached hydrogens (tertiary/aromatic N) is 1. The van der Waals surface area contributed by atoms with E-state index in [0.717, 1.165) is 35.4 Å². The monoisotopic (exact) mass is 456 g/mol. The van der Waals surface area contributed by atoms with Crippen LogP contribution in [0.25, 0.3) is 11.0 Å². The van der Waals surface area contributed by atoms with Crippen molar-refractivity contribution in [2.24, 2.45) is 5.73 Å². The van der Waals surface area contributed by atoms with Gasteiger partial charge in [-0.1, -0.05) is 12.1 Å². The van der Waals surface area contributed by atoms with Crippen molar-refractivity contribution in [1.29, 1.82) is 0 Å². The predicted molar refractivity (Wildman–Crippen MR) is 117 cm³/mol. The summed E-state index contributed by atoms with van der Waals surface area (Å²) in [5.41, 5.74) is 8.49. The van der Waals surface area contributed by atoms with Gasteiger partial charge in [-0.3, -0.25) is 4.98 Å². The molecule has 8 heteroatoms. The Morgan fingerprint density at radius 1 is 1.06 bits per heavy atom. The number of ether oxygens (including phenoxy) is 2. The third-order valence-corrected chi connectivity index (χ3v) is 5.36. The first-order valence-corrected chi connectivity index (χ1v) is 10.5. The predicted octanol–water partition coefficient (Wildman–Crippen LogP) is 5.99. The molecule has 2 heterocycles. The van der Waals surface area contributed by atoms with Crippen LogP contribution in [0.5, 0.6) is 11.5 Å². The zero-order valence-electron chi connectivity index (χ0n) is 18.0. The summed E-state index contributed by atoms with van der Waals surface area (Å²) in [4.78, 5) is 4.09. The molecule has 1 atom stereocenters. The fourth-order valence-electron chi connectivity index (χ4n) is 3.60.